The summed E-state index contributed by atoms with van der Waals surface area (Å²) in [6.07, 6.45) is 13.3. The zero-order chi connectivity index (χ0) is 19.8. The first-order valence-electron chi connectivity index (χ1n) is 11.6. The molecular formula is C27H32OS. The molecule has 2 heteroatoms. The number of hydrogen-bond donors (Lipinski definition) is 1. The predicted octanol–water partition coefficient (Wildman–Crippen LogP) is 7.22. The van der Waals surface area contributed by atoms with Crippen molar-refractivity contribution in [2.45, 2.75) is 64.9 Å². The van der Waals surface area contributed by atoms with Crippen LogP contribution in [0.5, 0.6) is 0 Å². The van der Waals surface area contributed by atoms with Crippen LogP contribution in [0.2, 0.25) is 0 Å². The maximum Gasteiger partial charge on any atom is 0.0577 e. The highest BCUT2D eigenvalue weighted by atomic mass is 32.1. The van der Waals surface area contributed by atoms with E-state index in [2.05, 4.69) is 55.6 Å². The monoisotopic (exact) mass is 404 g/mol. The highest BCUT2D eigenvalue weighted by molar-refractivity contribution is 7.17. The third-order valence-corrected chi connectivity index (χ3v) is 10.4. The Kier molecular flexibility index (Phi) is 4.00. The molecule has 0 radical (unpaired) electrons. The molecule has 0 aliphatic heterocycles. The second kappa shape index (κ2) is 6.31. The first kappa shape index (κ1) is 18.4. The Morgan fingerprint density at radius 3 is 2.69 bits per heavy atom. The molecule has 0 bridgehead atoms. The molecule has 1 aromatic heterocycles. The van der Waals surface area contributed by atoms with Crippen LogP contribution in [-0.2, 0) is 0 Å². The minimum Gasteiger partial charge on any atom is -0.393 e. The highest BCUT2D eigenvalue weighted by Gasteiger charge is 2.56. The fourth-order valence-electron chi connectivity index (χ4n) is 7.81. The van der Waals surface area contributed by atoms with E-state index in [1.54, 1.807) is 11.1 Å². The molecular weight excluding hydrogens is 372 g/mol. The van der Waals surface area contributed by atoms with Crippen LogP contribution in [0.4, 0.5) is 0 Å². The molecule has 29 heavy (non-hydrogen) atoms. The van der Waals surface area contributed by atoms with E-state index < -0.39 is 0 Å². The number of aliphatic hydroxyl groups excluding tert-OH is 1. The van der Waals surface area contributed by atoms with Gasteiger partial charge in [0.05, 0.1) is 6.10 Å². The Morgan fingerprint density at radius 1 is 0.966 bits per heavy atom. The van der Waals surface area contributed by atoms with Crippen LogP contribution in [0.1, 0.15) is 64.4 Å². The molecule has 4 aliphatic carbocycles. The number of fused-ring (bicyclic) bond motifs is 6. The zero-order valence-electron chi connectivity index (χ0n) is 17.7. The van der Waals surface area contributed by atoms with E-state index in [0.717, 1.165) is 30.6 Å². The average molecular weight is 405 g/mol. The van der Waals surface area contributed by atoms with E-state index in [-0.39, 0.29) is 6.10 Å². The Labute approximate surface area is 178 Å². The molecule has 0 amide bonds. The fourth-order valence-corrected chi connectivity index (χ4v) is 8.77. The van der Waals surface area contributed by atoms with E-state index in [1.165, 1.54) is 47.8 Å². The fraction of sp³-hybridized carbons (Fsp3) is 0.556. The van der Waals surface area contributed by atoms with Crippen LogP contribution in [0, 0.1) is 28.6 Å². The first-order valence-corrected chi connectivity index (χ1v) is 12.4. The standard InChI is InChI=1S/C27H32OS/c1-26-13-11-18(28)15-17(26)7-8-20-22-9-10-23(27(22,2)14-12-24(20)26)21-16-29-25-6-4-3-5-19(21)25/h3-7,10,16,18,20,22,24,28H,8-9,11-15H2,1-2H3/t18-,20-,22-,24-,26-,27-/m0/s1. The number of allylic oxidation sites excluding steroid dienone is 3. The minimum atomic E-state index is -0.105. The summed E-state index contributed by atoms with van der Waals surface area (Å²) in [6, 6.07) is 8.93. The van der Waals surface area contributed by atoms with Crippen molar-refractivity contribution in [2.75, 3.05) is 0 Å². The summed E-state index contributed by atoms with van der Waals surface area (Å²) >= 11 is 1.90. The van der Waals surface area contributed by atoms with Crippen LogP contribution in [-0.4, -0.2) is 11.2 Å². The molecule has 1 aromatic carbocycles. The van der Waals surface area contributed by atoms with Crippen LogP contribution in [0.25, 0.3) is 15.7 Å². The topological polar surface area (TPSA) is 20.2 Å². The number of hydrogen-bond acceptors (Lipinski definition) is 2. The zero-order valence-corrected chi connectivity index (χ0v) is 18.5. The van der Waals surface area contributed by atoms with Crippen molar-refractivity contribution in [2.24, 2.45) is 28.6 Å². The van der Waals surface area contributed by atoms with Gasteiger partial charge >= 0.3 is 0 Å². The van der Waals surface area contributed by atoms with Gasteiger partial charge in [0.15, 0.2) is 0 Å². The molecule has 0 saturated heterocycles. The molecule has 0 spiro atoms. The molecule has 1 N–H and O–H groups in total. The summed E-state index contributed by atoms with van der Waals surface area (Å²) in [7, 11) is 0. The van der Waals surface area contributed by atoms with Crippen LogP contribution in [0.3, 0.4) is 0 Å². The number of rotatable bonds is 1. The van der Waals surface area contributed by atoms with Gasteiger partial charge in [0.1, 0.15) is 0 Å². The maximum atomic E-state index is 10.2. The Bertz CT molecular complexity index is 1030. The summed E-state index contributed by atoms with van der Waals surface area (Å²) in [5.41, 5.74) is 5.38. The normalized spacial score (nSPS) is 41.3. The van der Waals surface area contributed by atoms with Crippen molar-refractivity contribution in [3.63, 3.8) is 0 Å². The van der Waals surface area contributed by atoms with Crippen molar-refractivity contribution < 1.29 is 5.11 Å². The van der Waals surface area contributed by atoms with Gasteiger partial charge < -0.3 is 5.11 Å². The molecule has 0 unspecified atom stereocenters. The van der Waals surface area contributed by atoms with E-state index in [1.807, 2.05) is 11.3 Å². The van der Waals surface area contributed by atoms with E-state index in [9.17, 15) is 5.11 Å². The average Bonchev–Trinajstić information content (AvgIpc) is 3.29. The second-order valence-electron chi connectivity index (χ2n) is 10.6. The van der Waals surface area contributed by atoms with Gasteiger partial charge in [0, 0.05) is 4.70 Å². The van der Waals surface area contributed by atoms with Crippen molar-refractivity contribution in [1.29, 1.82) is 0 Å². The molecule has 6 rings (SSSR count). The molecule has 152 valence electrons. The van der Waals surface area contributed by atoms with Gasteiger partial charge in [-0.2, -0.15) is 0 Å². The molecule has 1 nitrogen and oxygen atoms in total. The SMILES string of the molecule is C[C@]12CC[C@H](O)CC1=CC[C@@H]1[C@@H]2CC[C@]2(C)C(c3csc4ccccc34)=CC[C@@H]12. The van der Waals surface area contributed by atoms with Crippen molar-refractivity contribution in [3.05, 3.63) is 52.9 Å². The van der Waals surface area contributed by atoms with E-state index >= 15 is 0 Å². The second-order valence-corrected chi connectivity index (χ2v) is 11.5. The first-order chi connectivity index (χ1) is 14.0. The van der Waals surface area contributed by atoms with Gasteiger partial charge in [0.25, 0.3) is 0 Å². The van der Waals surface area contributed by atoms with Gasteiger partial charge in [0.2, 0.25) is 0 Å². The third kappa shape index (κ3) is 2.48. The van der Waals surface area contributed by atoms with E-state index in [4.69, 9.17) is 0 Å². The quantitative estimate of drug-likeness (QED) is 0.498. The van der Waals surface area contributed by atoms with Crippen molar-refractivity contribution in [1.82, 2.24) is 0 Å². The molecule has 6 atom stereocenters. The Balaban J connectivity index is 1.36. The summed E-state index contributed by atoms with van der Waals surface area (Å²) in [5.74, 6) is 2.38. The molecule has 2 aromatic rings. The van der Waals surface area contributed by atoms with Crippen molar-refractivity contribution in [3.8, 4) is 0 Å². The molecule has 4 aliphatic rings. The third-order valence-electron chi connectivity index (χ3n) is 9.43. The summed E-state index contributed by atoms with van der Waals surface area (Å²) in [5, 5.41) is 14.1. The lowest BCUT2D eigenvalue weighted by molar-refractivity contribution is -0.0237. The van der Waals surface area contributed by atoms with E-state index in [0.29, 0.717) is 10.8 Å². The van der Waals surface area contributed by atoms with Gasteiger partial charge in [-0.25, -0.2) is 0 Å². The molecule has 1 heterocycles. The molecule has 2 saturated carbocycles. The summed E-state index contributed by atoms with van der Waals surface area (Å²) in [6.45, 7) is 5.10. The molecule has 2 fully saturated rings. The van der Waals surface area contributed by atoms with Gasteiger partial charge in [-0.3, -0.25) is 0 Å². The maximum absolute atomic E-state index is 10.2. The van der Waals surface area contributed by atoms with Crippen LogP contribution in [0.15, 0.2) is 47.4 Å². The number of benzene rings is 1. The van der Waals surface area contributed by atoms with Crippen LogP contribution >= 0.6 is 11.3 Å². The minimum absolute atomic E-state index is 0.105. The smallest absolute Gasteiger partial charge is 0.0577 e. The lowest BCUT2D eigenvalue weighted by atomic mass is 9.47. The van der Waals surface area contributed by atoms with Gasteiger partial charge in [-0.15, -0.1) is 11.3 Å². The predicted molar refractivity (Wildman–Crippen MR) is 123 cm³/mol. The summed E-state index contributed by atoms with van der Waals surface area (Å²) in [4.78, 5) is 0. The summed E-state index contributed by atoms with van der Waals surface area (Å²) < 4.78 is 1.42. The lowest BCUT2D eigenvalue weighted by Gasteiger charge is -2.57. The number of aliphatic hydroxyl groups is 1. The largest absolute Gasteiger partial charge is 0.393 e. The Morgan fingerprint density at radius 2 is 1.79 bits per heavy atom. The van der Waals surface area contributed by atoms with Gasteiger partial charge in [-0.1, -0.05) is 49.8 Å². The van der Waals surface area contributed by atoms with Crippen molar-refractivity contribution >= 4 is 27.0 Å². The van der Waals surface area contributed by atoms with Gasteiger partial charge in [-0.05, 0) is 101 Å². The van der Waals surface area contributed by atoms with Crippen LogP contribution < -0.4 is 0 Å². The highest BCUT2D eigenvalue weighted by Crippen LogP contribution is 2.66. The lowest BCUT2D eigenvalue weighted by Crippen LogP contribution is -2.49. The Hall–Kier alpha value is -1.38. The number of thiophene rings is 1.